The number of hydrogen-bond acceptors (Lipinski definition) is 4. The Bertz CT molecular complexity index is 383. The SMILES string of the molecule is CC(N)(C#N)CCOc1ccccc1CO. The van der Waals surface area contributed by atoms with Gasteiger partial charge < -0.3 is 15.6 Å². The molecule has 0 radical (unpaired) electrons. The monoisotopic (exact) mass is 220 g/mol. The van der Waals surface area contributed by atoms with Crippen LogP contribution in [-0.4, -0.2) is 17.3 Å². The quantitative estimate of drug-likeness (QED) is 0.781. The topological polar surface area (TPSA) is 79.3 Å². The second kappa shape index (κ2) is 5.50. The molecule has 4 heteroatoms. The summed E-state index contributed by atoms with van der Waals surface area (Å²) >= 11 is 0. The fourth-order valence-electron chi connectivity index (χ4n) is 1.20. The fourth-order valence-corrected chi connectivity index (χ4v) is 1.20. The van der Waals surface area contributed by atoms with Gasteiger partial charge in [-0.3, -0.25) is 0 Å². The first kappa shape index (κ1) is 12.5. The largest absolute Gasteiger partial charge is 0.493 e. The van der Waals surface area contributed by atoms with Crippen molar-refractivity contribution in [3.05, 3.63) is 29.8 Å². The molecule has 0 amide bonds. The van der Waals surface area contributed by atoms with Gasteiger partial charge in [-0.2, -0.15) is 5.26 Å². The van der Waals surface area contributed by atoms with E-state index < -0.39 is 5.54 Å². The summed E-state index contributed by atoms with van der Waals surface area (Å²) in [5.74, 6) is 0.638. The van der Waals surface area contributed by atoms with Gasteiger partial charge in [0.25, 0.3) is 0 Å². The molecule has 1 unspecified atom stereocenters. The molecule has 4 nitrogen and oxygen atoms in total. The summed E-state index contributed by atoms with van der Waals surface area (Å²) in [5.41, 5.74) is 5.53. The van der Waals surface area contributed by atoms with Gasteiger partial charge in [-0.25, -0.2) is 0 Å². The van der Waals surface area contributed by atoms with Gasteiger partial charge in [0.05, 0.1) is 19.3 Å². The molecule has 0 aromatic heterocycles. The molecular weight excluding hydrogens is 204 g/mol. The number of benzene rings is 1. The van der Waals surface area contributed by atoms with Crippen molar-refractivity contribution in [3.8, 4) is 11.8 Å². The van der Waals surface area contributed by atoms with Gasteiger partial charge in [-0.05, 0) is 13.0 Å². The van der Waals surface area contributed by atoms with E-state index in [1.54, 1.807) is 19.1 Å². The van der Waals surface area contributed by atoms with E-state index in [2.05, 4.69) is 0 Å². The van der Waals surface area contributed by atoms with Crippen LogP contribution in [0, 0.1) is 11.3 Å². The van der Waals surface area contributed by atoms with Crippen molar-refractivity contribution in [3.63, 3.8) is 0 Å². The summed E-state index contributed by atoms with van der Waals surface area (Å²) in [6.45, 7) is 1.96. The van der Waals surface area contributed by atoms with Crippen LogP contribution in [0.3, 0.4) is 0 Å². The van der Waals surface area contributed by atoms with Gasteiger partial charge in [0.1, 0.15) is 11.3 Å². The van der Waals surface area contributed by atoms with E-state index in [0.717, 1.165) is 5.56 Å². The van der Waals surface area contributed by atoms with Crippen LogP contribution in [-0.2, 0) is 6.61 Å². The van der Waals surface area contributed by atoms with Crippen molar-refractivity contribution in [2.24, 2.45) is 5.73 Å². The first-order chi connectivity index (χ1) is 7.59. The van der Waals surface area contributed by atoms with Crippen molar-refractivity contribution >= 4 is 0 Å². The molecule has 1 rings (SSSR count). The van der Waals surface area contributed by atoms with E-state index in [1.807, 2.05) is 18.2 Å². The number of hydrogen-bond donors (Lipinski definition) is 2. The maximum Gasteiger partial charge on any atom is 0.124 e. The minimum absolute atomic E-state index is 0.0612. The lowest BCUT2D eigenvalue weighted by Gasteiger charge is -2.16. The summed E-state index contributed by atoms with van der Waals surface area (Å²) < 4.78 is 5.47. The number of para-hydroxylation sites is 1. The second-order valence-electron chi connectivity index (χ2n) is 3.89. The average Bonchev–Trinajstić information content (AvgIpc) is 2.29. The van der Waals surface area contributed by atoms with Crippen LogP contribution in [0.5, 0.6) is 5.75 Å². The molecule has 0 saturated heterocycles. The molecule has 0 spiro atoms. The number of nitriles is 1. The zero-order valence-corrected chi connectivity index (χ0v) is 9.31. The van der Waals surface area contributed by atoms with Crippen molar-refractivity contribution in [1.29, 1.82) is 5.26 Å². The predicted molar refractivity (Wildman–Crippen MR) is 60.7 cm³/mol. The normalized spacial score (nSPS) is 13.9. The van der Waals surface area contributed by atoms with Gasteiger partial charge in [0, 0.05) is 12.0 Å². The molecule has 1 aromatic rings. The number of nitrogens with two attached hydrogens (primary N) is 1. The Kier molecular flexibility index (Phi) is 4.29. The maximum absolute atomic E-state index is 9.07. The number of nitrogens with zero attached hydrogens (tertiary/aromatic N) is 1. The van der Waals surface area contributed by atoms with E-state index >= 15 is 0 Å². The molecule has 0 heterocycles. The smallest absolute Gasteiger partial charge is 0.124 e. The molecule has 0 aliphatic rings. The maximum atomic E-state index is 9.07. The van der Waals surface area contributed by atoms with E-state index in [1.165, 1.54) is 0 Å². The molecule has 3 N–H and O–H groups in total. The van der Waals surface area contributed by atoms with Crippen LogP contribution >= 0.6 is 0 Å². The third-order valence-electron chi connectivity index (χ3n) is 2.28. The van der Waals surface area contributed by atoms with Gasteiger partial charge in [0.15, 0.2) is 0 Å². The molecule has 0 aliphatic heterocycles. The van der Waals surface area contributed by atoms with Crippen LogP contribution < -0.4 is 10.5 Å². The molecule has 1 aromatic carbocycles. The van der Waals surface area contributed by atoms with Crippen molar-refractivity contribution in [2.75, 3.05) is 6.61 Å². The zero-order chi connectivity index (χ0) is 12.0. The number of aliphatic hydroxyl groups is 1. The van der Waals surface area contributed by atoms with Crippen LogP contribution in [0.4, 0.5) is 0 Å². The summed E-state index contributed by atoms with van der Waals surface area (Å²) in [5, 5.41) is 17.8. The lowest BCUT2D eigenvalue weighted by molar-refractivity contribution is 0.254. The highest BCUT2D eigenvalue weighted by molar-refractivity contribution is 5.32. The Morgan fingerprint density at radius 2 is 2.19 bits per heavy atom. The Labute approximate surface area is 95.3 Å². The third kappa shape index (κ3) is 3.54. The lowest BCUT2D eigenvalue weighted by Crippen LogP contribution is -2.35. The molecule has 0 fully saturated rings. The van der Waals surface area contributed by atoms with Gasteiger partial charge in [-0.1, -0.05) is 18.2 Å². The third-order valence-corrected chi connectivity index (χ3v) is 2.28. The Morgan fingerprint density at radius 3 is 2.81 bits per heavy atom. The first-order valence-electron chi connectivity index (χ1n) is 5.11. The Hall–Kier alpha value is -1.57. The van der Waals surface area contributed by atoms with Crippen molar-refractivity contribution < 1.29 is 9.84 Å². The van der Waals surface area contributed by atoms with E-state index in [0.29, 0.717) is 18.8 Å². The van der Waals surface area contributed by atoms with Crippen molar-refractivity contribution in [2.45, 2.75) is 25.5 Å². The Balaban J connectivity index is 2.53. The highest BCUT2D eigenvalue weighted by Gasteiger charge is 2.17. The van der Waals surface area contributed by atoms with Gasteiger partial charge in [0.2, 0.25) is 0 Å². The highest BCUT2D eigenvalue weighted by Crippen LogP contribution is 2.18. The highest BCUT2D eigenvalue weighted by atomic mass is 16.5. The molecule has 1 atom stereocenters. The van der Waals surface area contributed by atoms with E-state index in [-0.39, 0.29) is 6.61 Å². The number of rotatable bonds is 5. The number of aliphatic hydroxyl groups excluding tert-OH is 1. The molecular formula is C12H16N2O2. The molecule has 0 bridgehead atoms. The van der Waals surface area contributed by atoms with Gasteiger partial charge >= 0.3 is 0 Å². The average molecular weight is 220 g/mol. The minimum Gasteiger partial charge on any atom is -0.493 e. The van der Waals surface area contributed by atoms with Crippen LogP contribution in [0.2, 0.25) is 0 Å². The molecule has 16 heavy (non-hydrogen) atoms. The van der Waals surface area contributed by atoms with Gasteiger partial charge in [-0.15, -0.1) is 0 Å². The molecule has 0 saturated carbocycles. The Morgan fingerprint density at radius 1 is 1.50 bits per heavy atom. The lowest BCUT2D eigenvalue weighted by atomic mass is 10.0. The van der Waals surface area contributed by atoms with E-state index in [4.69, 9.17) is 20.8 Å². The zero-order valence-electron chi connectivity index (χ0n) is 9.31. The fraction of sp³-hybridized carbons (Fsp3) is 0.417. The minimum atomic E-state index is -0.867. The van der Waals surface area contributed by atoms with Crippen LogP contribution in [0.1, 0.15) is 18.9 Å². The molecule has 0 aliphatic carbocycles. The molecule has 86 valence electrons. The van der Waals surface area contributed by atoms with Crippen molar-refractivity contribution in [1.82, 2.24) is 0 Å². The first-order valence-corrected chi connectivity index (χ1v) is 5.11. The number of ether oxygens (including phenoxy) is 1. The summed E-state index contributed by atoms with van der Waals surface area (Å²) in [7, 11) is 0. The summed E-state index contributed by atoms with van der Waals surface area (Å²) in [6.07, 6.45) is 0.448. The predicted octanol–water partition coefficient (Wildman–Crippen LogP) is 1.19. The van der Waals surface area contributed by atoms with Crippen LogP contribution in [0.25, 0.3) is 0 Å². The second-order valence-corrected chi connectivity index (χ2v) is 3.89. The standard InChI is InChI=1S/C12H16N2O2/c1-12(14,9-13)6-7-16-11-5-3-2-4-10(11)8-15/h2-5,15H,6-8,14H2,1H3. The van der Waals surface area contributed by atoms with Crippen LogP contribution in [0.15, 0.2) is 24.3 Å². The summed E-state index contributed by atoms with van der Waals surface area (Å²) in [6, 6.07) is 9.25. The summed E-state index contributed by atoms with van der Waals surface area (Å²) in [4.78, 5) is 0. The van der Waals surface area contributed by atoms with E-state index in [9.17, 15) is 0 Å².